The molecule has 0 saturated carbocycles. The average molecular weight is 326 g/mol. The van der Waals surface area contributed by atoms with Crippen LogP contribution in [-0.2, 0) is 13.1 Å². The molecular formula is C19H26N4O. The van der Waals surface area contributed by atoms with Gasteiger partial charge < -0.3 is 10.4 Å². The second-order valence-corrected chi connectivity index (χ2v) is 6.48. The molecule has 1 saturated heterocycles. The maximum atomic E-state index is 10.2. The molecule has 2 aromatic heterocycles. The Hall–Kier alpha value is -1.98. The van der Waals surface area contributed by atoms with E-state index in [9.17, 15) is 5.11 Å². The van der Waals surface area contributed by atoms with Gasteiger partial charge in [-0.2, -0.15) is 0 Å². The highest BCUT2D eigenvalue weighted by Gasteiger charge is 2.22. The summed E-state index contributed by atoms with van der Waals surface area (Å²) >= 11 is 0. The first-order chi connectivity index (χ1) is 11.7. The van der Waals surface area contributed by atoms with E-state index in [4.69, 9.17) is 0 Å². The predicted octanol–water partition coefficient (Wildman–Crippen LogP) is 2.63. The number of rotatable bonds is 5. The van der Waals surface area contributed by atoms with Crippen molar-refractivity contribution in [1.29, 1.82) is 0 Å². The van der Waals surface area contributed by atoms with Crippen LogP contribution in [0.5, 0.6) is 5.75 Å². The normalized spacial score (nSPS) is 18.5. The maximum absolute atomic E-state index is 10.2. The molecule has 0 bridgehead atoms. The molecule has 0 spiro atoms. The summed E-state index contributed by atoms with van der Waals surface area (Å²) in [5, 5.41) is 13.7. The zero-order valence-corrected chi connectivity index (χ0v) is 14.3. The molecule has 128 valence electrons. The fraction of sp³-hybridized carbons (Fsp3) is 0.474. The Morgan fingerprint density at radius 3 is 2.92 bits per heavy atom. The Morgan fingerprint density at radius 2 is 2.08 bits per heavy atom. The van der Waals surface area contributed by atoms with Gasteiger partial charge in [-0.05, 0) is 63.5 Å². The maximum Gasteiger partial charge on any atom is 0.138 e. The first kappa shape index (κ1) is 16.9. The predicted molar refractivity (Wildman–Crippen MR) is 94.6 cm³/mol. The van der Waals surface area contributed by atoms with Crippen molar-refractivity contribution in [2.45, 2.75) is 45.3 Å². The number of aromatic nitrogens is 2. The van der Waals surface area contributed by atoms with Gasteiger partial charge in [0.2, 0.25) is 0 Å². The summed E-state index contributed by atoms with van der Waals surface area (Å²) in [7, 11) is 0. The Kier molecular flexibility index (Phi) is 5.77. The zero-order valence-electron chi connectivity index (χ0n) is 14.3. The minimum atomic E-state index is 0.276. The van der Waals surface area contributed by atoms with Crippen molar-refractivity contribution in [1.82, 2.24) is 20.2 Å². The number of hydrogen-bond acceptors (Lipinski definition) is 5. The monoisotopic (exact) mass is 326 g/mol. The smallest absolute Gasteiger partial charge is 0.138 e. The van der Waals surface area contributed by atoms with E-state index >= 15 is 0 Å². The van der Waals surface area contributed by atoms with Crippen molar-refractivity contribution in [2.24, 2.45) is 0 Å². The highest BCUT2D eigenvalue weighted by atomic mass is 16.3. The van der Waals surface area contributed by atoms with Crippen LogP contribution < -0.4 is 5.32 Å². The molecule has 3 rings (SSSR count). The van der Waals surface area contributed by atoms with Gasteiger partial charge in [0.1, 0.15) is 5.75 Å². The van der Waals surface area contributed by atoms with Gasteiger partial charge in [-0.1, -0.05) is 6.07 Å². The molecule has 0 amide bonds. The third-order valence-electron chi connectivity index (χ3n) is 4.60. The van der Waals surface area contributed by atoms with E-state index in [0.29, 0.717) is 12.6 Å². The third kappa shape index (κ3) is 4.52. The molecule has 0 radical (unpaired) electrons. The number of aromatic hydroxyl groups is 1. The van der Waals surface area contributed by atoms with Crippen molar-refractivity contribution < 1.29 is 5.11 Å². The Balaban J connectivity index is 1.81. The second kappa shape index (κ2) is 8.22. The van der Waals surface area contributed by atoms with Gasteiger partial charge in [-0.15, -0.1) is 0 Å². The second-order valence-electron chi connectivity index (χ2n) is 6.48. The topological polar surface area (TPSA) is 61.3 Å². The number of hydrogen-bond donors (Lipinski definition) is 2. The van der Waals surface area contributed by atoms with Crippen LogP contribution in [-0.4, -0.2) is 39.1 Å². The molecule has 2 N–H and O–H groups in total. The van der Waals surface area contributed by atoms with Gasteiger partial charge in [0.05, 0.1) is 11.4 Å². The molecule has 1 aliphatic heterocycles. The highest BCUT2D eigenvalue weighted by molar-refractivity contribution is 5.27. The lowest BCUT2D eigenvalue weighted by Gasteiger charge is -2.30. The van der Waals surface area contributed by atoms with Gasteiger partial charge >= 0.3 is 0 Å². The molecule has 0 unspecified atom stereocenters. The molecule has 2 aromatic rings. The number of nitrogens with one attached hydrogen (secondary N) is 1. The summed E-state index contributed by atoms with van der Waals surface area (Å²) < 4.78 is 0. The fourth-order valence-electron chi connectivity index (χ4n) is 3.29. The molecule has 1 atom stereocenters. The molecule has 0 aromatic carbocycles. The van der Waals surface area contributed by atoms with Crippen molar-refractivity contribution >= 4 is 0 Å². The summed E-state index contributed by atoms with van der Waals surface area (Å²) in [5.41, 5.74) is 2.74. The largest absolute Gasteiger partial charge is 0.506 e. The lowest BCUT2D eigenvalue weighted by molar-refractivity contribution is 0.158. The van der Waals surface area contributed by atoms with E-state index < -0.39 is 0 Å². The quantitative estimate of drug-likeness (QED) is 0.884. The fourth-order valence-corrected chi connectivity index (χ4v) is 3.29. The van der Waals surface area contributed by atoms with E-state index in [2.05, 4.69) is 26.3 Å². The molecule has 5 nitrogen and oxygen atoms in total. The zero-order chi connectivity index (χ0) is 16.8. The van der Waals surface area contributed by atoms with E-state index in [1.54, 1.807) is 6.07 Å². The highest BCUT2D eigenvalue weighted by Crippen LogP contribution is 2.22. The first-order valence-corrected chi connectivity index (χ1v) is 8.72. The molecule has 0 aliphatic carbocycles. The van der Waals surface area contributed by atoms with Crippen molar-refractivity contribution in [3.05, 3.63) is 53.6 Å². The summed E-state index contributed by atoms with van der Waals surface area (Å²) in [6.07, 6.45) is 5.28. The number of pyridine rings is 2. The first-order valence-electron chi connectivity index (χ1n) is 8.72. The average Bonchev–Trinajstić information content (AvgIpc) is 2.88. The Morgan fingerprint density at radius 1 is 1.17 bits per heavy atom. The van der Waals surface area contributed by atoms with Crippen LogP contribution in [0.15, 0.2) is 36.5 Å². The molecule has 24 heavy (non-hydrogen) atoms. The summed E-state index contributed by atoms with van der Waals surface area (Å²) in [4.78, 5) is 11.4. The number of aryl methyl sites for hydroxylation is 1. The lowest BCUT2D eigenvalue weighted by atomic mass is 10.1. The van der Waals surface area contributed by atoms with Gasteiger partial charge in [0, 0.05) is 31.0 Å². The Bertz CT molecular complexity index is 639. The van der Waals surface area contributed by atoms with Gasteiger partial charge in [-0.3, -0.25) is 14.9 Å². The van der Waals surface area contributed by atoms with E-state index in [1.165, 1.54) is 6.42 Å². The SMILES string of the molecule is Cc1ccc(O)c(CN(Cc2ccccn2)[C@H]2CCCNCC2)n1. The van der Waals surface area contributed by atoms with Crippen LogP contribution in [0, 0.1) is 6.92 Å². The summed E-state index contributed by atoms with van der Waals surface area (Å²) in [5.74, 6) is 0.276. The van der Waals surface area contributed by atoms with E-state index in [1.807, 2.05) is 31.3 Å². The molecular weight excluding hydrogens is 300 g/mol. The molecule has 5 heteroatoms. The molecule has 1 aliphatic rings. The number of nitrogens with zero attached hydrogens (tertiary/aromatic N) is 3. The van der Waals surface area contributed by atoms with Crippen LogP contribution in [0.4, 0.5) is 0 Å². The third-order valence-corrected chi connectivity index (χ3v) is 4.60. The molecule has 1 fully saturated rings. The van der Waals surface area contributed by atoms with Crippen LogP contribution in [0.3, 0.4) is 0 Å². The van der Waals surface area contributed by atoms with Crippen molar-refractivity contribution in [3.8, 4) is 5.75 Å². The minimum Gasteiger partial charge on any atom is -0.506 e. The summed E-state index contributed by atoms with van der Waals surface area (Å²) in [6.45, 7) is 5.51. The van der Waals surface area contributed by atoms with E-state index in [0.717, 1.165) is 49.6 Å². The van der Waals surface area contributed by atoms with Gasteiger partial charge in [0.15, 0.2) is 0 Å². The van der Waals surface area contributed by atoms with Crippen molar-refractivity contribution in [2.75, 3.05) is 13.1 Å². The standard InChI is InChI=1S/C19H26N4O/c1-15-7-8-19(24)18(22-15)14-23(13-16-5-2-3-11-21-16)17-6-4-10-20-12-9-17/h2-3,5,7-8,11,17,20,24H,4,6,9-10,12-14H2,1H3/t17-/m0/s1. The van der Waals surface area contributed by atoms with Crippen LogP contribution in [0.2, 0.25) is 0 Å². The van der Waals surface area contributed by atoms with Gasteiger partial charge in [0.25, 0.3) is 0 Å². The summed E-state index contributed by atoms with van der Waals surface area (Å²) in [6, 6.07) is 10.1. The lowest BCUT2D eigenvalue weighted by Crippen LogP contribution is -2.35. The van der Waals surface area contributed by atoms with Crippen molar-refractivity contribution in [3.63, 3.8) is 0 Å². The van der Waals surface area contributed by atoms with Crippen LogP contribution in [0.1, 0.15) is 36.3 Å². The van der Waals surface area contributed by atoms with Crippen LogP contribution >= 0.6 is 0 Å². The minimum absolute atomic E-state index is 0.276. The van der Waals surface area contributed by atoms with Gasteiger partial charge in [-0.25, -0.2) is 0 Å². The van der Waals surface area contributed by atoms with Crippen LogP contribution in [0.25, 0.3) is 0 Å². The molecule has 3 heterocycles. The van der Waals surface area contributed by atoms with E-state index in [-0.39, 0.29) is 5.75 Å². The Labute approximate surface area is 143 Å².